The molecule has 0 unspecified atom stereocenters. The van der Waals surface area contributed by atoms with Crippen molar-refractivity contribution in [3.63, 3.8) is 0 Å². The molecule has 0 fully saturated rings. The molecule has 0 saturated heterocycles. The lowest BCUT2D eigenvalue weighted by molar-refractivity contribution is 0.415. The van der Waals surface area contributed by atoms with Crippen molar-refractivity contribution in [2.24, 2.45) is 0 Å². The minimum Gasteiger partial charge on any atom is -0.497 e. The molecule has 2 rings (SSSR count). The van der Waals surface area contributed by atoms with Gasteiger partial charge in [0, 0.05) is 5.69 Å². The summed E-state index contributed by atoms with van der Waals surface area (Å²) >= 11 is 0. The van der Waals surface area contributed by atoms with Crippen LogP contribution in [0.3, 0.4) is 0 Å². The average molecular weight is 291 g/mol. The number of benzene rings is 2. The second-order valence-electron chi connectivity index (χ2n) is 4.60. The number of anilines is 1. The van der Waals surface area contributed by atoms with Crippen molar-refractivity contribution in [1.29, 1.82) is 0 Å². The van der Waals surface area contributed by atoms with E-state index in [0.717, 1.165) is 11.1 Å². The Kier molecular flexibility index (Phi) is 3.99. The summed E-state index contributed by atoms with van der Waals surface area (Å²) in [5.41, 5.74) is 2.27. The zero-order valence-electron chi connectivity index (χ0n) is 11.7. The first-order valence-corrected chi connectivity index (χ1v) is 7.65. The third-order valence-electron chi connectivity index (χ3n) is 2.96. The first kappa shape index (κ1) is 14.4. The van der Waals surface area contributed by atoms with Gasteiger partial charge in [-0.2, -0.15) is 0 Å². The highest BCUT2D eigenvalue weighted by atomic mass is 32.2. The minimum absolute atomic E-state index is 0.291. The fraction of sp³-hybridized carbons (Fsp3) is 0.200. The molecule has 0 amide bonds. The molecule has 20 heavy (non-hydrogen) atoms. The van der Waals surface area contributed by atoms with Crippen molar-refractivity contribution < 1.29 is 13.2 Å². The predicted molar refractivity (Wildman–Crippen MR) is 79.7 cm³/mol. The van der Waals surface area contributed by atoms with Crippen LogP contribution in [-0.4, -0.2) is 15.5 Å². The van der Waals surface area contributed by atoms with Crippen LogP contribution in [0.4, 0.5) is 5.69 Å². The van der Waals surface area contributed by atoms with Gasteiger partial charge in [0.2, 0.25) is 0 Å². The molecule has 0 aromatic heterocycles. The van der Waals surface area contributed by atoms with Gasteiger partial charge in [-0.1, -0.05) is 17.7 Å². The van der Waals surface area contributed by atoms with Gasteiger partial charge in [0.05, 0.1) is 12.0 Å². The highest BCUT2D eigenvalue weighted by molar-refractivity contribution is 7.92. The van der Waals surface area contributed by atoms with Gasteiger partial charge in [-0.25, -0.2) is 8.42 Å². The summed E-state index contributed by atoms with van der Waals surface area (Å²) in [7, 11) is -2.01. The van der Waals surface area contributed by atoms with E-state index in [9.17, 15) is 8.42 Å². The summed E-state index contributed by atoms with van der Waals surface area (Å²) in [6.45, 7) is 3.72. The third-order valence-corrected chi connectivity index (χ3v) is 4.50. The Morgan fingerprint density at radius 2 is 1.65 bits per heavy atom. The standard InChI is InChI=1S/C15H17NO3S/c1-11-4-9-15(12(2)10-11)20(17,18)16-13-5-7-14(19-3)8-6-13/h4-10,16H,1-3H3. The van der Waals surface area contributed by atoms with E-state index < -0.39 is 10.0 Å². The number of hydrogen-bond acceptors (Lipinski definition) is 3. The Hall–Kier alpha value is -2.01. The van der Waals surface area contributed by atoms with E-state index in [2.05, 4.69) is 4.72 Å². The Balaban J connectivity index is 2.30. The van der Waals surface area contributed by atoms with Gasteiger partial charge >= 0.3 is 0 Å². The number of sulfonamides is 1. The van der Waals surface area contributed by atoms with E-state index in [4.69, 9.17) is 4.74 Å². The molecule has 0 spiro atoms. The van der Waals surface area contributed by atoms with E-state index >= 15 is 0 Å². The zero-order valence-corrected chi connectivity index (χ0v) is 12.5. The lowest BCUT2D eigenvalue weighted by Gasteiger charge is -2.11. The molecule has 2 aromatic carbocycles. The maximum atomic E-state index is 12.3. The zero-order chi connectivity index (χ0) is 14.8. The second-order valence-corrected chi connectivity index (χ2v) is 6.25. The molecule has 2 aromatic rings. The minimum atomic E-state index is -3.57. The first-order chi connectivity index (χ1) is 9.42. The molecule has 0 aliphatic rings. The molecule has 1 N–H and O–H groups in total. The van der Waals surface area contributed by atoms with Crippen LogP contribution in [0.1, 0.15) is 11.1 Å². The Bertz CT molecular complexity index is 706. The fourth-order valence-corrected chi connectivity index (χ4v) is 3.26. The molecule has 106 valence electrons. The fourth-order valence-electron chi connectivity index (χ4n) is 1.97. The lowest BCUT2D eigenvalue weighted by atomic mass is 10.2. The Labute approximate surface area is 119 Å². The smallest absolute Gasteiger partial charge is 0.262 e. The van der Waals surface area contributed by atoms with Gasteiger partial charge in [0.15, 0.2) is 0 Å². The van der Waals surface area contributed by atoms with E-state index in [1.165, 1.54) is 0 Å². The number of hydrogen-bond donors (Lipinski definition) is 1. The van der Waals surface area contributed by atoms with Crippen LogP contribution in [0, 0.1) is 13.8 Å². The third kappa shape index (κ3) is 3.11. The highest BCUT2D eigenvalue weighted by Crippen LogP contribution is 2.21. The molecule has 5 heteroatoms. The largest absolute Gasteiger partial charge is 0.497 e. The van der Waals surface area contributed by atoms with Crippen molar-refractivity contribution in [2.75, 3.05) is 11.8 Å². The summed E-state index contributed by atoms with van der Waals surface area (Å²) in [6, 6.07) is 12.0. The van der Waals surface area contributed by atoms with Crippen LogP contribution < -0.4 is 9.46 Å². The number of rotatable bonds is 4. The van der Waals surface area contributed by atoms with Crippen LogP contribution in [0.5, 0.6) is 5.75 Å². The molecule has 0 aliphatic carbocycles. The number of nitrogens with one attached hydrogen (secondary N) is 1. The van der Waals surface area contributed by atoms with E-state index in [-0.39, 0.29) is 0 Å². The summed E-state index contributed by atoms with van der Waals surface area (Å²) < 4.78 is 32.3. The van der Waals surface area contributed by atoms with Gasteiger partial charge in [0.1, 0.15) is 5.75 Å². The van der Waals surface area contributed by atoms with Gasteiger partial charge < -0.3 is 4.74 Å². The molecule has 4 nitrogen and oxygen atoms in total. The second kappa shape index (κ2) is 5.54. The molecule has 0 bridgehead atoms. The molecule has 0 aliphatic heterocycles. The van der Waals surface area contributed by atoms with Crippen LogP contribution in [0.25, 0.3) is 0 Å². The molecule has 0 radical (unpaired) electrons. The maximum Gasteiger partial charge on any atom is 0.262 e. The summed E-state index contributed by atoms with van der Waals surface area (Å²) in [4.78, 5) is 0.291. The molecular weight excluding hydrogens is 274 g/mol. The van der Waals surface area contributed by atoms with Gasteiger partial charge in [-0.05, 0) is 49.7 Å². The molecule has 0 atom stereocenters. The van der Waals surface area contributed by atoms with E-state index in [0.29, 0.717) is 16.3 Å². The van der Waals surface area contributed by atoms with Crippen molar-refractivity contribution in [3.8, 4) is 5.75 Å². The van der Waals surface area contributed by atoms with Crippen LogP contribution in [0.15, 0.2) is 47.4 Å². The number of methoxy groups -OCH3 is 1. The molecule has 0 saturated carbocycles. The van der Waals surface area contributed by atoms with Crippen molar-refractivity contribution in [1.82, 2.24) is 0 Å². The highest BCUT2D eigenvalue weighted by Gasteiger charge is 2.16. The average Bonchev–Trinajstić information content (AvgIpc) is 2.38. The van der Waals surface area contributed by atoms with Gasteiger partial charge in [-0.3, -0.25) is 4.72 Å². The lowest BCUT2D eigenvalue weighted by Crippen LogP contribution is -2.14. The first-order valence-electron chi connectivity index (χ1n) is 6.16. The van der Waals surface area contributed by atoms with E-state index in [1.54, 1.807) is 50.4 Å². The number of aryl methyl sites for hydroxylation is 2. The van der Waals surface area contributed by atoms with Crippen LogP contribution in [0.2, 0.25) is 0 Å². The molecule has 0 heterocycles. The predicted octanol–water partition coefficient (Wildman–Crippen LogP) is 3.11. The topological polar surface area (TPSA) is 55.4 Å². The Morgan fingerprint density at radius 1 is 1.00 bits per heavy atom. The quantitative estimate of drug-likeness (QED) is 0.941. The van der Waals surface area contributed by atoms with Crippen LogP contribution >= 0.6 is 0 Å². The Morgan fingerprint density at radius 3 is 2.20 bits per heavy atom. The summed E-state index contributed by atoms with van der Waals surface area (Å²) in [5, 5.41) is 0. The van der Waals surface area contributed by atoms with Crippen molar-refractivity contribution in [2.45, 2.75) is 18.7 Å². The number of ether oxygens (including phenoxy) is 1. The van der Waals surface area contributed by atoms with Crippen molar-refractivity contribution >= 4 is 15.7 Å². The monoisotopic (exact) mass is 291 g/mol. The van der Waals surface area contributed by atoms with Crippen LogP contribution in [-0.2, 0) is 10.0 Å². The SMILES string of the molecule is COc1ccc(NS(=O)(=O)c2ccc(C)cc2C)cc1. The summed E-state index contributed by atoms with van der Waals surface area (Å²) in [6.07, 6.45) is 0. The van der Waals surface area contributed by atoms with E-state index in [1.807, 2.05) is 13.0 Å². The van der Waals surface area contributed by atoms with Crippen molar-refractivity contribution in [3.05, 3.63) is 53.6 Å². The van der Waals surface area contributed by atoms with Gasteiger partial charge in [0.25, 0.3) is 10.0 Å². The summed E-state index contributed by atoms with van der Waals surface area (Å²) in [5.74, 6) is 0.680. The normalized spacial score (nSPS) is 11.2. The van der Waals surface area contributed by atoms with Gasteiger partial charge in [-0.15, -0.1) is 0 Å². The maximum absolute atomic E-state index is 12.3. The molecular formula is C15H17NO3S.